The quantitative estimate of drug-likeness (QED) is 0.665. The van der Waals surface area contributed by atoms with Gasteiger partial charge in [-0.05, 0) is 61.0 Å². The van der Waals surface area contributed by atoms with Gasteiger partial charge in [0.2, 0.25) is 0 Å². The highest BCUT2D eigenvalue weighted by Gasteiger charge is 2.31. The lowest BCUT2D eigenvalue weighted by atomic mass is 9.95. The fourth-order valence-electron chi connectivity index (χ4n) is 4.31. The number of ether oxygens (including phenoxy) is 1. The molecule has 1 atom stereocenters. The van der Waals surface area contributed by atoms with Crippen LogP contribution in [0.2, 0.25) is 0 Å². The molecule has 148 valence electrons. The Bertz CT molecular complexity index is 528. The van der Waals surface area contributed by atoms with E-state index in [1.807, 2.05) is 4.90 Å². The van der Waals surface area contributed by atoms with Crippen molar-refractivity contribution in [3.63, 3.8) is 0 Å². The van der Waals surface area contributed by atoms with Crippen molar-refractivity contribution >= 4 is 6.09 Å². The van der Waals surface area contributed by atoms with Crippen molar-refractivity contribution in [2.75, 3.05) is 13.7 Å². The second kappa shape index (κ2) is 10.6. The van der Waals surface area contributed by atoms with Gasteiger partial charge in [0.15, 0.2) is 0 Å². The molecule has 0 bridgehead atoms. The SMILES string of the molecule is C.CC(C)CC1Cc2ccccc2C1.COC(=O)N1CCCC1C(C)C. The Hall–Kier alpha value is -1.51. The molecular weight excluding hydrogens is 322 g/mol. The summed E-state index contributed by atoms with van der Waals surface area (Å²) >= 11 is 0. The molecule has 1 heterocycles. The van der Waals surface area contributed by atoms with Gasteiger partial charge < -0.3 is 9.64 Å². The summed E-state index contributed by atoms with van der Waals surface area (Å²) in [7, 11) is 1.44. The molecule has 0 saturated carbocycles. The van der Waals surface area contributed by atoms with Crippen molar-refractivity contribution in [3.8, 4) is 0 Å². The van der Waals surface area contributed by atoms with Crippen LogP contribution in [0.4, 0.5) is 4.79 Å². The molecule has 0 spiro atoms. The van der Waals surface area contributed by atoms with Crippen LogP contribution in [0.15, 0.2) is 24.3 Å². The number of fused-ring (bicyclic) bond motifs is 1. The standard InChI is InChI=1S/C13H18.C9H17NO2.CH4/c1-10(2)7-11-8-12-5-3-4-6-13(12)9-11;1-7(2)8-5-4-6-10(8)9(11)12-3;/h3-6,10-11H,7-9H2,1-2H3;7-8H,4-6H2,1-3H3;1H4. The number of hydrogen-bond acceptors (Lipinski definition) is 2. The van der Waals surface area contributed by atoms with Crippen LogP contribution < -0.4 is 0 Å². The topological polar surface area (TPSA) is 29.5 Å². The third-order valence-corrected chi connectivity index (χ3v) is 5.42. The van der Waals surface area contributed by atoms with Crippen molar-refractivity contribution in [1.82, 2.24) is 4.90 Å². The van der Waals surface area contributed by atoms with E-state index in [4.69, 9.17) is 4.74 Å². The van der Waals surface area contributed by atoms with Crippen molar-refractivity contribution in [2.45, 2.75) is 73.3 Å². The first-order valence-electron chi connectivity index (χ1n) is 9.83. The minimum atomic E-state index is -0.175. The number of hydrogen-bond donors (Lipinski definition) is 0. The third kappa shape index (κ3) is 6.03. The lowest BCUT2D eigenvalue weighted by Crippen LogP contribution is -2.38. The fourth-order valence-corrected chi connectivity index (χ4v) is 4.31. The van der Waals surface area contributed by atoms with E-state index in [0.29, 0.717) is 12.0 Å². The second-order valence-electron chi connectivity index (χ2n) is 8.29. The van der Waals surface area contributed by atoms with E-state index in [2.05, 4.69) is 52.0 Å². The lowest BCUT2D eigenvalue weighted by Gasteiger charge is -2.25. The maximum atomic E-state index is 11.2. The minimum absolute atomic E-state index is 0. The molecule has 1 aromatic rings. The van der Waals surface area contributed by atoms with E-state index in [9.17, 15) is 4.79 Å². The first-order valence-corrected chi connectivity index (χ1v) is 9.83. The van der Waals surface area contributed by atoms with Gasteiger partial charge in [0.05, 0.1) is 7.11 Å². The molecule has 0 aromatic heterocycles. The van der Waals surface area contributed by atoms with Crippen molar-refractivity contribution in [3.05, 3.63) is 35.4 Å². The number of amides is 1. The monoisotopic (exact) mass is 361 g/mol. The highest BCUT2D eigenvalue weighted by molar-refractivity contribution is 5.68. The first kappa shape index (κ1) is 22.5. The number of carbonyl (C=O) groups is 1. The number of nitrogens with zero attached hydrogens (tertiary/aromatic N) is 1. The smallest absolute Gasteiger partial charge is 0.409 e. The molecule has 1 aliphatic carbocycles. The molecule has 2 aliphatic rings. The summed E-state index contributed by atoms with van der Waals surface area (Å²) in [6, 6.07) is 9.29. The average molecular weight is 362 g/mol. The summed E-state index contributed by atoms with van der Waals surface area (Å²) in [5.41, 5.74) is 3.18. The van der Waals surface area contributed by atoms with Crippen molar-refractivity contribution in [2.24, 2.45) is 17.8 Å². The van der Waals surface area contributed by atoms with Gasteiger partial charge in [0, 0.05) is 12.6 Å². The lowest BCUT2D eigenvalue weighted by molar-refractivity contribution is 0.110. The van der Waals surface area contributed by atoms with E-state index in [1.54, 1.807) is 11.1 Å². The highest BCUT2D eigenvalue weighted by Crippen LogP contribution is 2.30. The predicted molar refractivity (Wildman–Crippen MR) is 110 cm³/mol. The van der Waals surface area contributed by atoms with Crippen LogP contribution in [-0.2, 0) is 17.6 Å². The van der Waals surface area contributed by atoms with Gasteiger partial charge in [-0.15, -0.1) is 0 Å². The van der Waals surface area contributed by atoms with E-state index in [-0.39, 0.29) is 13.5 Å². The number of rotatable bonds is 3. The van der Waals surface area contributed by atoms with E-state index in [0.717, 1.165) is 31.2 Å². The summed E-state index contributed by atoms with van der Waals surface area (Å²) in [5, 5.41) is 0. The molecule has 1 fully saturated rings. The zero-order valence-corrected chi connectivity index (χ0v) is 16.6. The highest BCUT2D eigenvalue weighted by atomic mass is 16.5. The van der Waals surface area contributed by atoms with Crippen LogP contribution in [0.25, 0.3) is 0 Å². The molecule has 1 aromatic carbocycles. The van der Waals surface area contributed by atoms with Gasteiger partial charge >= 0.3 is 6.09 Å². The second-order valence-corrected chi connectivity index (χ2v) is 8.29. The van der Waals surface area contributed by atoms with Gasteiger partial charge in [-0.25, -0.2) is 4.79 Å². The van der Waals surface area contributed by atoms with Gasteiger partial charge in [-0.3, -0.25) is 0 Å². The van der Waals surface area contributed by atoms with Crippen LogP contribution in [0.5, 0.6) is 0 Å². The predicted octanol–water partition coefficient (Wildman–Crippen LogP) is 5.96. The molecule has 26 heavy (non-hydrogen) atoms. The van der Waals surface area contributed by atoms with Gasteiger partial charge in [0.1, 0.15) is 0 Å². The molecule has 1 saturated heterocycles. The zero-order chi connectivity index (χ0) is 18.4. The van der Waals surface area contributed by atoms with E-state index >= 15 is 0 Å². The molecule has 1 aliphatic heterocycles. The van der Waals surface area contributed by atoms with Crippen LogP contribution in [0.1, 0.15) is 65.5 Å². The first-order chi connectivity index (χ1) is 11.9. The normalized spacial score (nSPS) is 19.0. The Kier molecular flexibility index (Phi) is 9.18. The molecule has 1 unspecified atom stereocenters. The average Bonchev–Trinajstić information content (AvgIpc) is 3.20. The summed E-state index contributed by atoms with van der Waals surface area (Å²) in [4.78, 5) is 13.1. The summed E-state index contributed by atoms with van der Waals surface area (Å²) < 4.78 is 4.70. The maximum absolute atomic E-state index is 11.2. The van der Waals surface area contributed by atoms with Gasteiger partial charge in [-0.1, -0.05) is 59.4 Å². The third-order valence-electron chi connectivity index (χ3n) is 5.42. The van der Waals surface area contributed by atoms with E-state index in [1.165, 1.54) is 26.4 Å². The fraction of sp³-hybridized carbons (Fsp3) is 0.696. The molecule has 1 amide bonds. The van der Waals surface area contributed by atoms with Crippen LogP contribution in [-0.4, -0.2) is 30.7 Å². The Labute approximate surface area is 161 Å². The number of likely N-dealkylation sites (tertiary alicyclic amines) is 1. The van der Waals surface area contributed by atoms with E-state index < -0.39 is 0 Å². The molecule has 3 heteroatoms. The van der Waals surface area contributed by atoms with Crippen LogP contribution in [0.3, 0.4) is 0 Å². The summed E-state index contributed by atoms with van der Waals surface area (Å²) in [5.74, 6) is 2.29. The Morgan fingerprint density at radius 1 is 1.15 bits per heavy atom. The molecule has 3 nitrogen and oxygen atoms in total. The van der Waals surface area contributed by atoms with Crippen LogP contribution in [0, 0.1) is 17.8 Å². The number of benzene rings is 1. The Morgan fingerprint density at radius 3 is 2.19 bits per heavy atom. The molecular formula is C23H39NO2. The molecule has 0 radical (unpaired) electrons. The Balaban J connectivity index is 0.000000251. The zero-order valence-electron chi connectivity index (χ0n) is 16.6. The minimum Gasteiger partial charge on any atom is -0.453 e. The summed E-state index contributed by atoms with van der Waals surface area (Å²) in [6.45, 7) is 9.79. The summed E-state index contributed by atoms with van der Waals surface area (Å²) in [6.07, 6.45) is 6.06. The maximum Gasteiger partial charge on any atom is 0.409 e. The largest absolute Gasteiger partial charge is 0.453 e. The van der Waals surface area contributed by atoms with Crippen molar-refractivity contribution < 1.29 is 9.53 Å². The van der Waals surface area contributed by atoms with Gasteiger partial charge in [-0.2, -0.15) is 0 Å². The number of methoxy groups -OCH3 is 1. The van der Waals surface area contributed by atoms with Crippen LogP contribution >= 0.6 is 0 Å². The molecule has 0 N–H and O–H groups in total. The van der Waals surface area contributed by atoms with Gasteiger partial charge in [0.25, 0.3) is 0 Å². The molecule has 3 rings (SSSR count). The Morgan fingerprint density at radius 2 is 1.73 bits per heavy atom. The van der Waals surface area contributed by atoms with Crippen molar-refractivity contribution in [1.29, 1.82) is 0 Å². The number of carbonyl (C=O) groups excluding carboxylic acids is 1.